The van der Waals surface area contributed by atoms with Gasteiger partial charge in [-0.05, 0) is 44.0 Å². The fourth-order valence-electron chi connectivity index (χ4n) is 3.99. The summed E-state index contributed by atoms with van der Waals surface area (Å²) in [5.41, 5.74) is 3.59. The number of nitrogens with one attached hydrogen (secondary N) is 2. The van der Waals surface area contributed by atoms with Crippen LogP contribution < -0.4 is 20.8 Å². The Kier molecular flexibility index (Phi) is 5.55. The Morgan fingerprint density at radius 1 is 1.30 bits per heavy atom. The van der Waals surface area contributed by atoms with Gasteiger partial charge in [0.05, 0.1) is 18.4 Å². The van der Waals surface area contributed by atoms with Gasteiger partial charge in [0.1, 0.15) is 17.2 Å². The first-order chi connectivity index (χ1) is 14.4. The number of nitrogens with zero attached hydrogens (tertiary/aromatic N) is 4. The lowest BCUT2D eigenvalue weighted by molar-refractivity contribution is -0.00544. The predicted octanol–water partition coefficient (Wildman–Crippen LogP) is 2.13. The average molecular weight is 405 g/mol. The SMILES string of the molecule is C=C/C(CNc1cnc2ccc(N3C[C@@H](C)O[C@@H](C)C3)nc2n1)=c1/c(C)c[nH]c1=C. The highest BCUT2D eigenvalue weighted by Gasteiger charge is 2.23. The van der Waals surface area contributed by atoms with Crippen LogP contribution in [0.25, 0.3) is 23.3 Å². The molecular formula is C23H28N6O. The zero-order chi connectivity index (χ0) is 21.3. The van der Waals surface area contributed by atoms with Crippen molar-refractivity contribution < 1.29 is 4.74 Å². The number of morpholine rings is 1. The maximum atomic E-state index is 5.83. The molecule has 2 atom stereocenters. The molecule has 156 valence electrons. The van der Waals surface area contributed by atoms with E-state index in [0.717, 1.165) is 46.1 Å². The van der Waals surface area contributed by atoms with E-state index in [2.05, 4.69) is 59.1 Å². The number of fused-ring (bicyclic) bond motifs is 1. The summed E-state index contributed by atoms with van der Waals surface area (Å²) < 4.78 is 5.83. The Morgan fingerprint density at radius 2 is 2.07 bits per heavy atom. The van der Waals surface area contributed by atoms with E-state index in [0.29, 0.717) is 18.0 Å². The standard InChI is InChI=1S/C23H28N6O/c1-6-18(22-14(2)9-24-17(22)5)10-26-20-11-25-19-7-8-21(28-23(19)27-20)29-12-15(3)30-16(4)13-29/h6-9,11,15-16,24H,1,5,10,12-13H2,2-4H3,(H,26,27,28)/b22-18+/t15-,16+. The summed E-state index contributed by atoms with van der Waals surface area (Å²) in [4.78, 5) is 19.4. The van der Waals surface area contributed by atoms with Crippen molar-refractivity contribution in [3.63, 3.8) is 0 Å². The van der Waals surface area contributed by atoms with Gasteiger partial charge in [0.25, 0.3) is 0 Å². The number of hydrogen-bond acceptors (Lipinski definition) is 6. The maximum absolute atomic E-state index is 5.83. The summed E-state index contributed by atoms with van der Waals surface area (Å²) in [5.74, 6) is 1.58. The molecule has 7 nitrogen and oxygen atoms in total. The zero-order valence-electron chi connectivity index (χ0n) is 17.8. The summed E-state index contributed by atoms with van der Waals surface area (Å²) in [6.07, 6.45) is 5.89. The number of aromatic nitrogens is 4. The first-order valence-electron chi connectivity index (χ1n) is 10.2. The number of anilines is 2. The molecule has 1 saturated heterocycles. The van der Waals surface area contributed by atoms with Gasteiger partial charge in [0, 0.05) is 36.4 Å². The van der Waals surface area contributed by atoms with Crippen LogP contribution in [-0.4, -0.2) is 51.8 Å². The minimum atomic E-state index is 0.174. The number of aryl methyl sites for hydroxylation is 1. The lowest BCUT2D eigenvalue weighted by Gasteiger charge is -2.36. The predicted molar refractivity (Wildman–Crippen MR) is 122 cm³/mol. The number of rotatable bonds is 5. The first-order valence-corrected chi connectivity index (χ1v) is 10.2. The lowest BCUT2D eigenvalue weighted by Crippen LogP contribution is -2.45. The second kappa shape index (κ2) is 8.28. The van der Waals surface area contributed by atoms with E-state index in [4.69, 9.17) is 9.72 Å². The summed E-state index contributed by atoms with van der Waals surface area (Å²) >= 11 is 0. The molecule has 3 aromatic heterocycles. The first kappa shape index (κ1) is 20.1. The van der Waals surface area contributed by atoms with Crippen molar-refractivity contribution in [3.8, 4) is 0 Å². The molecule has 3 aromatic rings. The van der Waals surface area contributed by atoms with Gasteiger partial charge in [0.15, 0.2) is 5.65 Å². The highest BCUT2D eigenvalue weighted by Crippen LogP contribution is 2.21. The Balaban J connectivity index is 1.59. The van der Waals surface area contributed by atoms with Crippen LogP contribution in [-0.2, 0) is 4.74 Å². The van der Waals surface area contributed by atoms with Crippen LogP contribution in [0.4, 0.5) is 11.6 Å². The van der Waals surface area contributed by atoms with Gasteiger partial charge in [-0.1, -0.05) is 19.2 Å². The van der Waals surface area contributed by atoms with Gasteiger partial charge in [0.2, 0.25) is 0 Å². The van der Waals surface area contributed by atoms with Crippen molar-refractivity contribution in [1.29, 1.82) is 0 Å². The fraction of sp³-hybridized carbons (Fsp3) is 0.348. The van der Waals surface area contributed by atoms with Crippen molar-refractivity contribution in [2.24, 2.45) is 0 Å². The van der Waals surface area contributed by atoms with Gasteiger partial charge < -0.3 is 19.9 Å². The molecule has 1 fully saturated rings. The maximum Gasteiger partial charge on any atom is 0.182 e. The van der Waals surface area contributed by atoms with E-state index >= 15 is 0 Å². The topological polar surface area (TPSA) is 79.0 Å². The summed E-state index contributed by atoms with van der Waals surface area (Å²) in [7, 11) is 0. The number of hydrogen-bond donors (Lipinski definition) is 2. The minimum absolute atomic E-state index is 0.174. The minimum Gasteiger partial charge on any atom is -0.372 e. The van der Waals surface area contributed by atoms with E-state index < -0.39 is 0 Å². The fourth-order valence-corrected chi connectivity index (χ4v) is 3.99. The van der Waals surface area contributed by atoms with Gasteiger partial charge >= 0.3 is 0 Å². The molecule has 1 aliphatic heterocycles. The summed E-state index contributed by atoms with van der Waals surface area (Å²) in [6, 6.07) is 3.97. The number of ether oxygens (including phenoxy) is 1. The van der Waals surface area contributed by atoms with Gasteiger partial charge in [-0.2, -0.15) is 0 Å². The lowest BCUT2D eigenvalue weighted by atomic mass is 10.1. The number of H-pyrrole nitrogens is 1. The monoisotopic (exact) mass is 404 g/mol. The van der Waals surface area contributed by atoms with Gasteiger partial charge in [-0.3, -0.25) is 0 Å². The van der Waals surface area contributed by atoms with Gasteiger partial charge in [-0.25, -0.2) is 15.0 Å². The zero-order valence-corrected chi connectivity index (χ0v) is 17.8. The summed E-state index contributed by atoms with van der Waals surface area (Å²) in [6.45, 7) is 16.4. The molecule has 0 saturated carbocycles. The Labute approximate surface area is 176 Å². The van der Waals surface area contributed by atoms with Crippen LogP contribution in [0.3, 0.4) is 0 Å². The quantitative estimate of drug-likeness (QED) is 0.678. The van der Waals surface area contributed by atoms with Crippen LogP contribution >= 0.6 is 0 Å². The molecule has 1 aliphatic rings. The van der Waals surface area contributed by atoms with Crippen molar-refractivity contribution in [1.82, 2.24) is 19.9 Å². The molecule has 0 aromatic carbocycles. The molecule has 0 unspecified atom stereocenters. The van der Waals surface area contributed by atoms with Crippen molar-refractivity contribution in [3.05, 3.63) is 53.3 Å². The smallest absolute Gasteiger partial charge is 0.182 e. The van der Waals surface area contributed by atoms with E-state index in [1.807, 2.05) is 24.4 Å². The molecule has 0 bridgehead atoms. The molecular weight excluding hydrogens is 376 g/mol. The second-order valence-electron chi connectivity index (χ2n) is 7.84. The summed E-state index contributed by atoms with van der Waals surface area (Å²) in [5, 5.41) is 5.32. The van der Waals surface area contributed by atoms with Crippen LogP contribution in [0, 0.1) is 6.92 Å². The van der Waals surface area contributed by atoms with Crippen molar-refractivity contribution in [2.75, 3.05) is 29.9 Å². The van der Waals surface area contributed by atoms with Crippen LogP contribution in [0.5, 0.6) is 0 Å². The number of aromatic amines is 1. The third kappa shape index (κ3) is 4.07. The van der Waals surface area contributed by atoms with E-state index in [-0.39, 0.29) is 12.2 Å². The van der Waals surface area contributed by atoms with Crippen molar-refractivity contribution in [2.45, 2.75) is 33.0 Å². The normalized spacial score (nSPS) is 20.3. The van der Waals surface area contributed by atoms with Crippen LogP contribution in [0.15, 0.2) is 37.2 Å². The van der Waals surface area contributed by atoms with Gasteiger partial charge in [-0.15, -0.1) is 0 Å². The van der Waals surface area contributed by atoms with E-state index in [9.17, 15) is 0 Å². The third-order valence-electron chi connectivity index (χ3n) is 5.32. The Bertz CT molecular complexity index is 1170. The highest BCUT2D eigenvalue weighted by molar-refractivity contribution is 5.74. The largest absolute Gasteiger partial charge is 0.372 e. The molecule has 0 amide bonds. The van der Waals surface area contributed by atoms with E-state index in [1.54, 1.807) is 6.20 Å². The molecule has 0 aliphatic carbocycles. The van der Waals surface area contributed by atoms with Crippen molar-refractivity contribution >= 4 is 35.0 Å². The molecule has 0 radical (unpaired) electrons. The van der Waals surface area contributed by atoms with Crippen LogP contribution in [0.2, 0.25) is 0 Å². The third-order valence-corrected chi connectivity index (χ3v) is 5.32. The molecule has 4 heterocycles. The van der Waals surface area contributed by atoms with Crippen LogP contribution in [0.1, 0.15) is 19.4 Å². The molecule has 0 spiro atoms. The Morgan fingerprint density at radius 3 is 2.73 bits per heavy atom. The molecule has 4 rings (SSSR count). The molecule has 30 heavy (non-hydrogen) atoms. The highest BCUT2D eigenvalue weighted by atomic mass is 16.5. The second-order valence-corrected chi connectivity index (χ2v) is 7.84. The molecule has 7 heteroatoms. The average Bonchev–Trinajstić information content (AvgIpc) is 3.06. The number of pyridine rings is 1. The molecule has 2 N–H and O–H groups in total. The van der Waals surface area contributed by atoms with E-state index in [1.165, 1.54) is 0 Å². The Hall–Kier alpha value is -3.19.